The van der Waals surface area contributed by atoms with Crippen molar-refractivity contribution >= 4 is 22.6 Å². The Hall–Kier alpha value is -3.28. The number of benzene rings is 2. The summed E-state index contributed by atoms with van der Waals surface area (Å²) in [7, 11) is 1.54. The molecule has 2 amide bonds. The van der Waals surface area contributed by atoms with Crippen LogP contribution in [0.2, 0.25) is 0 Å². The second-order valence-corrected chi connectivity index (χ2v) is 5.65. The molecule has 0 fully saturated rings. The van der Waals surface area contributed by atoms with Crippen LogP contribution in [-0.4, -0.2) is 18.1 Å². The van der Waals surface area contributed by atoms with Gasteiger partial charge in [0, 0.05) is 12.7 Å². The third-order valence-electron chi connectivity index (χ3n) is 4.05. The van der Waals surface area contributed by atoms with Crippen LogP contribution < -0.4 is 20.8 Å². The number of hydrogen-bond donors (Lipinski definition) is 3. The number of pyridine rings is 1. The number of rotatable bonds is 4. The van der Waals surface area contributed by atoms with E-state index in [2.05, 4.69) is 15.6 Å². The van der Waals surface area contributed by atoms with Crippen LogP contribution >= 0.6 is 0 Å². The normalized spacial score (nSPS) is 10.5. The summed E-state index contributed by atoms with van der Waals surface area (Å²) in [6, 6.07) is 12.5. The molecule has 0 atom stereocenters. The maximum absolute atomic E-state index is 12.5. The number of amides is 2. The van der Waals surface area contributed by atoms with Crippen LogP contribution in [-0.2, 0) is 6.54 Å². The lowest BCUT2D eigenvalue weighted by Crippen LogP contribution is -2.30. The fourth-order valence-electron chi connectivity index (χ4n) is 2.64. The molecule has 1 aromatic heterocycles. The number of nitrogens with one attached hydrogen (secondary N) is 3. The first kappa shape index (κ1) is 16.6. The lowest BCUT2D eigenvalue weighted by atomic mass is 10.1. The molecular formula is C19H19N3O3. The summed E-state index contributed by atoms with van der Waals surface area (Å²) in [5.41, 5.74) is 2.64. The molecule has 1 heterocycles. The Bertz CT molecular complexity index is 979. The number of urea groups is 1. The number of aromatic nitrogens is 1. The van der Waals surface area contributed by atoms with Gasteiger partial charge in [-0.15, -0.1) is 0 Å². The Morgan fingerprint density at radius 2 is 1.96 bits per heavy atom. The second-order valence-electron chi connectivity index (χ2n) is 5.65. The third-order valence-corrected chi connectivity index (χ3v) is 4.05. The first-order valence-corrected chi connectivity index (χ1v) is 7.88. The molecule has 6 nitrogen and oxygen atoms in total. The van der Waals surface area contributed by atoms with Gasteiger partial charge in [-0.25, -0.2) is 4.79 Å². The minimum absolute atomic E-state index is 0.183. The van der Waals surface area contributed by atoms with E-state index in [1.165, 1.54) is 13.3 Å². The zero-order chi connectivity index (χ0) is 17.8. The summed E-state index contributed by atoms with van der Waals surface area (Å²) in [5, 5.41) is 5.81. The number of H-pyrrole nitrogens is 1. The van der Waals surface area contributed by atoms with E-state index in [1.807, 2.05) is 31.2 Å². The number of anilines is 1. The number of aryl methyl sites for hydroxylation is 1. The summed E-state index contributed by atoms with van der Waals surface area (Å²) in [5.74, 6) is 0.574. The summed E-state index contributed by atoms with van der Waals surface area (Å²) < 4.78 is 5.23. The summed E-state index contributed by atoms with van der Waals surface area (Å²) >= 11 is 0. The molecule has 0 spiro atoms. The molecule has 3 N–H and O–H groups in total. The highest BCUT2D eigenvalue weighted by molar-refractivity contribution is 5.93. The van der Waals surface area contributed by atoms with Crippen molar-refractivity contribution in [3.63, 3.8) is 0 Å². The number of ether oxygens (including phenoxy) is 1. The van der Waals surface area contributed by atoms with E-state index in [1.54, 1.807) is 18.2 Å². The van der Waals surface area contributed by atoms with E-state index < -0.39 is 6.03 Å². The van der Waals surface area contributed by atoms with Crippen LogP contribution in [0, 0.1) is 6.92 Å². The van der Waals surface area contributed by atoms with Crippen molar-refractivity contribution in [1.82, 2.24) is 10.3 Å². The molecule has 0 saturated heterocycles. The molecule has 0 aliphatic rings. The van der Waals surface area contributed by atoms with Gasteiger partial charge in [0.05, 0.1) is 18.0 Å². The van der Waals surface area contributed by atoms with E-state index in [0.29, 0.717) is 23.2 Å². The number of fused-ring (bicyclic) bond motifs is 1. The monoisotopic (exact) mass is 337 g/mol. The van der Waals surface area contributed by atoms with E-state index in [-0.39, 0.29) is 11.1 Å². The van der Waals surface area contributed by atoms with Crippen molar-refractivity contribution < 1.29 is 9.53 Å². The Labute approximate surface area is 144 Å². The molecule has 25 heavy (non-hydrogen) atoms. The lowest BCUT2D eigenvalue weighted by molar-refractivity contribution is 0.251. The predicted molar refractivity (Wildman–Crippen MR) is 98.2 cm³/mol. The van der Waals surface area contributed by atoms with Crippen molar-refractivity contribution in [2.24, 2.45) is 0 Å². The Kier molecular flexibility index (Phi) is 4.70. The predicted octanol–water partition coefficient (Wildman–Crippen LogP) is 3.17. The van der Waals surface area contributed by atoms with E-state index in [9.17, 15) is 9.59 Å². The van der Waals surface area contributed by atoms with Gasteiger partial charge in [-0.05, 0) is 30.2 Å². The first-order chi connectivity index (χ1) is 12.1. The number of methoxy groups -OCH3 is 1. The average molecular weight is 337 g/mol. The van der Waals surface area contributed by atoms with Crippen molar-refractivity contribution in [2.75, 3.05) is 12.4 Å². The summed E-state index contributed by atoms with van der Waals surface area (Å²) in [4.78, 5) is 27.7. The number of carbonyl (C=O) groups is 1. The van der Waals surface area contributed by atoms with Crippen LogP contribution in [0.4, 0.5) is 10.5 Å². The van der Waals surface area contributed by atoms with E-state index >= 15 is 0 Å². The van der Waals surface area contributed by atoms with Gasteiger partial charge in [0.1, 0.15) is 11.4 Å². The molecule has 3 aromatic rings. The SMILES string of the molecule is COc1cccc2c(=O)c(NC(=O)NCc3ccccc3C)c[nH]c12. The van der Waals surface area contributed by atoms with Gasteiger partial charge in [-0.2, -0.15) is 0 Å². The maximum atomic E-state index is 12.5. The fourth-order valence-corrected chi connectivity index (χ4v) is 2.64. The average Bonchev–Trinajstić information content (AvgIpc) is 2.63. The van der Waals surface area contributed by atoms with Crippen LogP contribution in [0.3, 0.4) is 0 Å². The van der Waals surface area contributed by atoms with Crippen molar-refractivity contribution in [1.29, 1.82) is 0 Å². The molecule has 0 aliphatic heterocycles. The molecule has 0 unspecified atom stereocenters. The molecule has 0 bridgehead atoms. The smallest absolute Gasteiger partial charge is 0.319 e. The molecule has 2 aromatic carbocycles. The van der Waals surface area contributed by atoms with Crippen molar-refractivity contribution in [2.45, 2.75) is 13.5 Å². The minimum atomic E-state index is -0.434. The largest absolute Gasteiger partial charge is 0.495 e. The van der Waals surface area contributed by atoms with Gasteiger partial charge < -0.3 is 20.4 Å². The van der Waals surface area contributed by atoms with Gasteiger partial charge in [0.2, 0.25) is 5.43 Å². The van der Waals surface area contributed by atoms with Crippen molar-refractivity contribution in [3.05, 3.63) is 70.0 Å². The minimum Gasteiger partial charge on any atom is -0.495 e. The maximum Gasteiger partial charge on any atom is 0.319 e. The van der Waals surface area contributed by atoms with E-state index in [4.69, 9.17) is 4.74 Å². The topological polar surface area (TPSA) is 83.2 Å². The quantitative estimate of drug-likeness (QED) is 0.684. The van der Waals surface area contributed by atoms with Crippen LogP contribution in [0.25, 0.3) is 10.9 Å². The lowest BCUT2D eigenvalue weighted by Gasteiger charge is -2.10. The highest BCUT2D eigenvalue weighted by Crippen LogP contribution is 2.21. The van der Waals surface area contributed by atoms with Gasteiger partial charge in [-0.1, -0.05) is 30.3 Å². The Morgan fingerprint density at radius 3 is 2.72 bits per heavy atom. The molecule has 128 valence electrons. The molecule has 0 saturated carbocycles. The van der Waals surface area contributed by atoms with Gasteiger partial charge in [0.25, 0.3) is 0 Å². The zero-order valence-electron chi connectivity index (χ0n) is 14.1. The highest BCUT2D eigenvalue weighted by Gasteiger charge is 2.11. The Morgan fingerprint density at radius 1 is 1.16 bits per heavy atom. The molecule has 6 heteroatoms. The summed E-state index contributed by atoms with van der Waals surface area (Å²) in [6.45, 7) is 2.37. The van der Waals surface area contributed by atoms with Gasteiger partial charge in [-0.3, -0.25) is 4.79 Å². The number of para-hydroxylation sites is 1. The third kappa shape index (κ3) is 3.47. The number of carbonyl (C=O) groups excluding carboxylic acids is 1. The molecular weight excluding hydrogens is 318 g/mol. The molecule has 0 aliphatic carbocycles. The van der Waals surface area contributed by atoms with Crippen molar-refractivity contribution in [3.8, 4) is 5.75 Å². The molecule has 0 radical (unpaired) electrons. The van der Waals surface area contributed by atoms with Gasteiger partial charge in [0.15, 0.2) is 0 Å². The standard InChI is InChI=1S/C19H19N3O3/c1-12-6-3-4-7-13(12)10-21-19(24)22-15-11-20-17-14(18(15)23)8-5-9-16(17)25-2/h3-9,11H,10H2,1-2H3,(H,20,23)(H2,21,22,24). The van der Waals surface area contributed by atoms with E-state index in [0.717, 1.165) is 11.1 Å². The van der Waals surface area contributed by atoms with Gasteiger partial charge >= 0.3 is 6.03 Å². The summed E-state index contributed by atoms with van der Waals surface area (Å²) in [6.07, 6.45) is 1.47. The number of aromatic amines is 1. The van der Waals surface area contributed by atoms with Crippen LogP contribution in [0.1, 0.15) is 11.1 Å². The first-order valence-electron chi connectivity index (χ1n) is 7.88. The molecule has 3 rings (SSSR count). The second kappa shape index (κ2) is 7.09. The zero-order valence-corrected chi connectivity index (χ0v) is 14.1. The Balaban J connectivity index is 1.76. The highest BCUT2D eigenvalue weighted by atomic mass is 16.5. The van der Waals surface area contributed by atoms with Crippen LogP contribution in [0.15, 0.2) is 53.5 Å². The fraction of sp³-hybridized carbons (Fsp3) is 0.158. The van der Waals surface area contributed by atoms with Crippen LogP contribution in [0.5, 0.6) is 5.75 Å². The number of hydrogen-bond acceptors (Lipinski definition) is 3.